The lowest BCUT2D eigenvalue weighted by molar-refractivity contribution is -0.384. The van der Waals surface area contributed by atoms with Crippen LogP contribution in [0.15, 0.2) is 71.4 Å². The number of rotatable bonds is 8. The number of carbonyl (C=O) groups excluding carboxylic acids is 1. The van der Waals surface area contributed by atoms with E-state index in [-0.39, 0.29) is 41.7 Å². The maximum Gasteiger partial charge on any atom is 0.345 e. The van der Waals surface area contributed by atoms with Gasteiger partial charge in [0.1, 0.15) is 5.84 Å². The van der Waals surface area contributed by atoms with Gasteiger partial charge in [0.25, 0.3) is 5.91 Å². The second-order valence-corrected chi connectivity index (χ2v) is 8.11. The summed E-state index contributed by atoms with van der Waals surface area (Å²) in [5, 5.41) is 17.8. The number of hydrogen-bond donors (Lipinski definition) is 4. The monoisotopic (exact) mass is 619 g/mol. The summed E-state index contributed by atoms with van der Waals surface area (Å²) in [5.74, 6) is -1.23. The Labute approximate surface area is 228 Å². The molecule has 13 heteroatoms. The molecule has 1 saturated carbocycles. The van der Waals surface area contributed by atoms with Crippen molar-refractivity contribution in [1.29, 1.82) is 0 Å². The molecule has 1 heterocycles. The average molecular weight is 620 g/mol. The van der Waals surface area contributed by atoms with Gasteiger partial charge in [0.05, 0.1) is 15.6 Å². The third kappa shape index (κ3) is 6.66. The average Bonchev–Trinajstić information content (AvgIpc) is 3.66. The number of nitrogens with zero attached hydrogens (tertiary/aromatic N) is 4. The third-order valence-electron chi connectivity index (χ3n) is 5.01. The van der Waals surface area contributed by atoms with Crippen molar-refractivity contribution in [3.63, 3.8) is 0 Å². The van der Waals surface area contributed by atoms with Gasteiger partial charge >= 0.3 is 5.69 Å². The van der Waals surface area contributed by atoms with Crippen LogP contribution in [-0.2, 0) is 0 Å². The fourth-order valence-electron chi connectivity index (χ4n) is 3.16. The summed E-state index contributed by atoms with van der Waals surface area (Å²) >= 11 is 6.21. The number of amidine groups is 1. The van der Waals surface area contributed by atoms with Gasteiger partial charge in [0.15, 0.2) is 0 Å². The highest BCUT2D eigenvalue weighted by Gasteiger charge is 2.30. The highest BCUT2D eigenvalue weighted by Crippen LogP contribution is 2.34. The summed E-state index contributed by atoms with van der Waals surface area (Å²) in [6.45, 7) is 0. The molecule has 0 atom stereocenters. The highest BCUT2D eigenvalue weighted by atomic mass is 127. The van der Waals surface area contributed by atoms with Crippen LogP contribution in [0.1, 0.15) is 23.3 Å². The molecule has 1 aliphatic carbocycles. The number of aromatic nitrogens is 2. The van der Waals surface area contributed by atoms with Crippen LogP contribution < -0.4 is 46.1 Å². The number of halogens is 2. The van der Waals surface area contributed by atoms with Crippen molar-refractivity contribution >= 4 is 52.2 Å². The van der Waals surface area contributed by atoms with Gasteiger partial charge < -0.3 is 46.1 Å². The summed E-state index contributed by atoms with van der Waals surface area (Å²) in [6.07, 6.45) is 3.33. The highest BCUT2D eigenvalue weighted by molar-refractivity contribution is 6.33. The van der Waals surface area contributed by atoms with E-state index in [1.54, 1.807) is 54.6 Å². The standard InChI is InChI=1S/C23H21ClN8O3.HI/c24-15-8-4-5-9-17(15)28-23-30-19(22(33)27-14-6-2-1-3-7-14)20(32(34)35)21(31-23)29-18(26)12-16(25)13-10-11-13;/h1-9,12-13H,10-11,25H2,(H,27,33)(H3,26,28,29,30,31);1H/p-1/b16-12-;. The quantitative estimate of drug-likeness (QED) is 0.0959. The smallest absolute Gasteiger partial charge is 0.345 e. The Morgan fingerprint density at radius 1 is 1.11 bits per heavy atom. The first-order valence-corrected chi connectivity index (χ1v) is 10.9. The molecule has 0 saturated heterocycles. The molecular formula is C23H21ClIN8O3-. The molecule has 1 fully saturated rings. The first-order chi connectivity index (χ1) is 16.8. The Kier molecular flexibility index (Phi) is 8.77. The van der Waals surface area contributed by atoms with Crippen LogP contribution in [0.5, 0.6) is 0 Å². The minimum atomic E-state index is -0.824. The number of nitro groups is 1. The zero-order valence-electron chi connectivity index (χ0n) is 18.7. The van der Waals surface area contributed by atoms with Crippen LogP contribution in [-0.4, -0.2) is 26.6 Å². The fourth-order valence-corrected chi connectivity index (χ4v) is 3.34. The van der Waals surface area contributed by atoms with Crippen molar-refractivity contribution < 1.29 is 33.7 Å². The Morgan fingerprint density at radius 3 is 2.42 bits per heavy atom. The molecule has 2 aromatic carbocycles. The molecule has 0 spiro atoms. The molecule has 0 unspecified atom stereocenters. The minimum Gasteiger partial charge on any atom is -1.00 e. The lowest BCUT2D eigenvalue weighted by Crippen LogP contribution is -3.00. The molecule has 0 bridgehead atoms. The second-order valence-electron chi connectivity index (χ2n) is 7.71. The van der Waals surface area contributed by atoms with Crippen molar-refractivity contribution in [3.05, 3.63) is 87.2 Å². The van der Waals surface area contributed by atoms with Crippen LogP contribution in [0.25, 0.3) is 0 Å². The van der Waals surface area contributed by atoms with E-state index in [4.69, 9.17) is 23.1 Å². The first-order valence-electron chi connectivity index (χ1n) is 10.6. The van der Waals surface area contributed by atoms with Gasteiger partial charge in [-0.1, -0.05) is 41.9 Å². The first kappa shape index (κ1) is 26.8. The van der Waals surface area contributed by atoms with E-state index in [1.807, 2.05) is 0 Å². The lowest BCUT2D eigenvalue weighted by Gasteiger charge is -2.11. The molecular weight excluding hydrogens is 599 g/mol. The van der Waals surface area contributed by atoms with E-state index >= 15 is 0 Å². The van der Waals surface area contributed by atoms with Gasteiger partial charge in [-0.05, 0) is 49.1 Å². The number of allylic oxidation sites excluding steroid dienone is 1. The van der Waals surface area contributed by atoms with Crippen molar-refractivity contribution in [2.75, 3.05) is 10.6 Å². The van der Waals surface area contributed by atoms with Crippen LogP contribution in [0.3, 0.4) is 0 Å². The van der Waals surface area contributed by atoms with Crippen molar-refractivity contribution in [2.45, 2.75) is 12.8 Å². The van der Waals surface area contributed by atoms with E-state index in [0.29, 0.717) is 22.1 Å². The third-order valence-corrected chi connectivity index (χ3v) is 5.34. The minimum absolute atomic E-state index is 0. The number of aliphatic imine (C=N–C) groups is 1. The van der Waals surface area contributed by atoms with E-state index in [2.05, 4.69) is 25.6 Å². The van der Waals surface area contributed by atoms with E-state index in [1.165, 1.54) is 6.08 Å². The predicted molar refractivity (Wildman–Crippen MR) is 134 cm³/mol. The van der Waals surface area contributed by atoms with Gasteiger partial charge in [-0.15, -0.1) is 0 Å². The normalized spacial score (nSPS) is 13.5. The predicted octanol–water partition coefficient (Wildman–Crippen LogP) is 1.28. The molecule has 6 N–H and O–H groups in total. The van der Waals surface area contributed by atoms with E-state index < -0.39 is 28.0 Å². The summed E-state index contributed by atoms with van der Waals surface area (Å²) in [7, 11) is 0. The van der Waals surface area contributed by atoms with Crippen molar-refractivity contribution in [2.24, 2.45) is 22.4 Å². The van der Waals surface area contributed by atoms with Gasteiger partial charge in [0, 0.05) is 11.4 Å². The van der Waals surface area contributed by atoms with Gasteiger partial charge in [-0.3, -0.25) is 14.9 Å². The van der Waals surface area contributed by atoms with Crippen molar-refractivity contribution in [3.8, 4) is 0 Å². The molecule has 0 radical (unpaired) electrons. The van der Waals surface area contributed by atoms with Crippen molar-refractivity contribution in [1.82, 2.24) is 9.97 Å². The molecule has 4 rings (SSSR count). The zero-order valence-corrected chi connectivity index (χ0v) is 21.6. The maximum atomic E-state index is 13.1. The lowest BCUT2D eigenvalue weighted by atomic mass is 10.2. The maximum absolute atomic E-state index is 13.1. The number of nitrogens with one attached hydrogen (secondary N) is 2. The van der Waals surface area contributed by atoms with E-state index in [0.717, 1.165) is 12.8 Å². The summed E-state index contributed by atoms with van der Waals surface area (Å²) in [5.41, 5.74) is 12.1. The molecule has 36 heavy (non-hydrogen) atoms. The molecule has 0 aliphatic heterocycles. The number of carbonyl (C=O) groups is 1. The Bertz CT molecular complexity index is 1350. The number of anilines is 3. The topological polar surface area (TPSA) is 174 Å². The fraction of sp³-hybridized carbons (Fsp3) is 0.130. The number of amides is 1. The number of para-hydroxylation sites is 2. The summed E-state index contributed by atoms with van der Waals surface area (Å²) in [4.78, 5) is 36.6. The molecule has 1 aliphatic rings. The molecule has 186 valence electrons. The number of nitrogens with two attached hydrogens (primary N) is 2. The van der Waals surface area contributed by atoms with Gasteiger partial charge in [0.2, 0.25) is 17.5 Å². The Hall–Kier alpha value is -3.78. The van der Waals surface area contributed by atoms with Gasteiger partial charge in [-0.2, -0.15) is 4.98 Å². The molecule has 11 nitrogen and oxygen atoms in total. The summed E-state index contributed by atoms with van der Waals surface area (Å²) in [6, 6.07) is 15.2. The molecule has 1 aromatic heterocycles. The zero-order chi connectivity index (χ0) is 24.9. The SMILES string of the molecule is NC(/C=C(\N)C1CC1)=Nc1nc(Nc2ccccc2Cl)nc(C(=O)Nc2ccccc2)c1[N+](=O)[O-].[I-]. The van der Waals surface area contributed by atoms with Crippen LogP contribution >= 0.6 is 11.6 Å². The number of hydrogen-bond acceptors (Lipinski definition) is 8. The van der Waals surface area contributed by atoms with Crippen LogP contribution in [0.2, 0.25) is 5.02 Å². The molecule has 1 amide bonds. The Balaban J connectivity index is 0.00000361. The van der Waals surface area contributed by atoms with Crippen LogP contribution in [0.4, 0.5) is 28.8 Å². The van der Waals surface area contributed by atoms with Crippen LogP contribution in [0, 0.1) is 16.0 Å². The Morgan fingerprint density at radius 2 is 1.78 bits per heavy atom. The largest absolute Gasteiger partial charge is 1.00 e. The molecule has 3 aromatic rings. The van der Waals surface area contributed by atoms with E-state index in [9.17, 15) is 14.9 Å². The second kappa shape index (κ2) is 11.8. The van der Waals surface area contributed by atoms with Gasteiger partial charge in [-0.25, -0.2) is 9.98 Å². The summed E-state index contributed by atoms with van der Waals surface area (Å²) < 4.78 is 0. The number of benzene rings is 2.